The van der Waals surface area contributed by atoms with Gasteiger partial charge in [-0.3, -0.25) is 19.5 Å². The first kappa shape index (κ1) is 19.1. The average Bonchev–Trinajstić information content (AvgIpc) is 2.89. The van der Waals surface area contributed by atoms with Crippen molar-refractivity contribution in [1.82, 2.24) is 4.98 Å². The molecule has 0 aliphatic carbocycles. The first-order chi connectivity index (χ1) is 12.8. The lowest BCUT2D eigenvalue weighted by Crippen LogP contribution is -2.32. The molecule has 27 heavy (non-hydrogen) atoms. The van der Waals surface area contributed by atoms with Gasteiger partial charge in [-0.05, 0) is 42.7 Å². The van der Waals surface area contributed by atoms with Crippen LogP contribution in [0.2, 0.25) is 5.02 Å². The first-order valence-electron chi connectivity index (χ1n) is 8.78. The second-order valence-electron chi connectivity index (χ2n) is 7.00. The van der Waals surface area contributed by atoms with Gasteiger partial charge in [-0.25, -0.2) is 0 Å². The fourth-order valence-corrected chi connectivity index (χ4v) is 3.46. The predicted molar refractivity (Wildman–Crippen MR) is 105 cm³/mol. The van der Waals surface area contributed by atoms with E-state index in [0.29, 0.717) is 22.0 Å². The molecule has 1 aromatic heterocycles. The highest BCUT2D eigenvalue weighted by Gasteiger charge is 2.45. The molecule has 1 N–H and O–H groups in total. The molecule has 5 nitrogen and oxygen atoms in total. The van der Waals surface area contributed by atoms with Crippen LogP contribution in [0.1, 0.15) is 37.6 Å². The Morgan fingerprint density at radius 1 is 1.26 bits per heavy atom. The van der Waals surface area contributed by atoms with Crippen molar-refractivity contribution < 1.29 is 14.7 Å². The number of halogens is 1. The van der Waals surface area contributed by atoms with E-state index >= 15 is 0 Å². The van der Waals surface area contributed by atoms with Crippen LogP contribution >= 0.6 is 11.6 Å². The summed E-state index contributed by atoms with van der Waals surface area (Å²) in [5.74, 6) is -1.30. The third-order valence-corrected chi connectivity index (χ3v) is 4.98. The van der Waals surface area contributed by atoms with Crippen LogP contribution in [0.3, 0.4) is 0 Å². The number of amides is 1. The van der Waals surface area contributed by atoms with Crippen molar-refractivity contribution in [3.63, 3.8) is 0 Å². The number of hydrogen-bond donors (Lipinski definition) is 1. The monoisotopic (exact) mass is 384 g/mol. The summed E-state index contributed by atoms with van der Waals surface area (Å²) >= 11 is 6.24. The third kappa shape index (κ3) is 3.47. The number of hydrogen-bond acceptors (Lipinski definition) is 4. The Morgan fingerprint density at radius 2 is 2.00 bits per heavy atom. The summed E-state index contributed by atoms with van der Waals surface area (Å²) < 4.78 is 0. The Kier molecular flexibility index (Phi) is 5.33. The first-order valence-corrected chi connectivity index (χ1v) is 9.16. The molecule has 0 spiro atoms. The van der Waals surface area contributed by atoms with Crippen LogP contribution < -0.4 is 4.90 Å². The van der Waals surface area contributed by atoms with Gasteiger partial charge in [0, 0.05) is 23.3 Å². The summed E-state index contributed by atoms with van der Waals surface area (Å²) in [5, 5.41) is 11.1. The maximum Gasteiger partial charge on any atom is 0.294 e. The molecule has 6 heteroatoms. The van der Waals surface area contributed by atoms with Crippen molar-refractivity contribution in [1.29, 1.82) is 0 Å². The van der Waals surface area contributed by atoms with E-state index in [1.165, 1.54) is 4.90 Å². The molecule has 1 unspecified atom stereocenters. The number of anilines is 1. The Labute approximate surface area is 163 Å². The summed E-state index contributed by atoms with van der Waals surface area (Å²) in [7, 11) is 0. The van der Waals surface area contributed by atoms with E-state index in [1.807, 2.05) is 13.8 Å². The second-order valence-corrected chi connectivity index (χ2v) is 7.41. The number of rotatable bonds is 5. The summed E-state index contributed by atoms with van der Waals surface area (Å²) in [5.41, 5.74) is 1.84. The van der Waals surface area contributed by atoms with E-state index in [1.54, 1.807) is 49.5 Å². The number of aliphatic hydroxyl groups excluding tert-OH is 1. The lowest BCUT2D eigenvalue weighted by Gasteiger charge is -2.27. The molecular weight excluding hydrogens is 364 g/mol. The minimum atomic E-state index is -0.790. The summed E-state index contributed by atoms with van der Waals surface area (Å²) in [6.07, 6.45) is 1.83. The van der Waals surface area contributed by atoms with Crippen molar-refractivity contribution >= 4 is 29.0 Å². The van der Waals surface area contributed by atoms with Crippen LogP contribution in [0.5, 0.6) is 0 Å². The Balaban J connectivity index is 2.18. The minimum absolute atomic E-state index is 0.0896. The lowest BCUT2D eigenvalue weighted by molar-refractivity contribution is -0.118. The van der Waals surface area contributed by atoms with Gasteiger partial charge in [0.25, 0.3) is 5.91 Å². The largest absolute Gasteiger partial charge is 0.503 e. The molecule has 1 aliphatic heterocycles. The fourth-order valence-electron chi connectivity index (χ4n) is 3.29. The second kappa shape index (κ2) is 7.53. The van der Waals surface area contributed by atoms with E-state index in [9.17, 15) is 14.7 Å². The Morgan fingerprint density at radius 3 is 2.63 bits per heavy atom. The number of ketones is 1. The maximum absolute atomic E-state index is 12.9. The SMILES string of the molecule is Cc1c(Cl)cccc1N1C(=O)C(O)=C(C(=O)CC(C)C)C1c1ccccn1. The summed E-state index contributed by atoms with van der Waals surface area (Å²) in [6.45, 7) is 5.63. The van der Waals surface area contributed by atoms with Gasteiger partial charge in [0.05, 0.1) is 11.3 Å². The van der Waals surface area contributed by atoms with E-state index in [2.05, 4.69) is 4.98 Å². The zero-order chi connectivity index (χ0) is 19.7. The Hall–Kier alpha value is -2.66. The van der Waals surface area contributed by atoms with Gasteiger partial charge in [0.1, 0.15) is 6.04 Å². The van der Waals surface area contributed by atoms with Crippen molar-refractivity contribution in [2.24, 2.45) is 5.92 Å². The van der Waals surface area contributed by atoms with Gasteiger partial charge >= 0.3 is 0 Å². The lowest BCUT2D eigenvalue weighted by atomic mass is 9.94. The molecule has 1 amide bonds. The van der Waals surface area contributed by atoms with Crippen molar-refractivity contribution in [3.05, 3.63) is 70.2 Å². The smallest absolute Gasteiger partial charge is 0.294 e. The standard InChI is InChI=1S/C21H21ClN2O3/c1-12(2)11-17(25)18-19(15-8-4-5-10-23-15)24(21(27)20(18)26)16-9-6-7-14(22)13(16)3/h4-10,12,19,26H,11H2,1-3H3. The number of carbonyl (C=O) groups is 2. The molecular formula is C21H21ClN2O3. The van der Waals surface area contributed by atoms with Gasteiger partial charge in [-0.15, -0.1) is 0 Å². The van der Waals surface area contributed by atoms with E-state index in [0.717, 1.165) is 0 Å². The number of benzene rings is 1. The van der Waals surface area contributed by atoms with Crippen LogP contribution in [0.4, 0.5) is 5.69 Å². The number of aromatic nitrogens is 1. The molecule has 140 valence electrons. The average molecular weight is 385 g/mol. The number of aliphatic hydroxyl groups is 1. The number of carbonyl (C=O) groups excluding carboxylic acids is 2. The van der Waals surface area contributed by atoms with Crippen LogP contribution in [-0.4, -0.2) is 21.8 Å². The van der Waals surface area contributed by atoms with E-state index in [-0.39, 0.29) is 23.7 Å². The molecule has 2 aromatic rings. The maximum atomic E-state index is 12.9. The van der Waals surface area contributed by atoms with E-state index in [4.69, 9.17) is 11.6 Å². The quantitative estimate of drug-likeness (QED) is 0.820. The van der Waals surface area contributed by atoms with Crippen LogP contribution in [-0.2, 0) is 9.59 Å². The van der Waals surface area contributed by atoms with Crippen LogP contribution in [0, 0.1) is 12.8 Å². The number of Topliss-reactive ketones (excluding diaryl/α,β-unsaturated/α-hetero) is 1. The van der Waals surface area contributed by atoms with Gasteiger partial charge in [-0.2, -0.15) is 0 Å². The molecule has 0 saturated carbocycles. The molecule has 0 radical (unpaired) electrons. The zero-order valence-electron chi connectivity index (χ0n) is 15.4. The number of nitrogens with zero attached hydrogens (tertiary/aromatic N) is 2. The highest BCUT2D eigenvalue weighted by atomic mass is 35.5. The number of pyridine rings is 1. The topological polar surface area (TPSA) is 70.5 Å². The molecule has 1 aromatic carbocycles. The molecule has 2 heterocycles. The van der Waals surface area contributed by atoms with Gasteiger partial charge in [0.15, 0.2) is 11.5 Å². The summed E-state index contributed by atoms with van der Waals surface area (Å²) in [6, 6.07) is 9.71. The van der Waals surface area contributed by atoms with Crippen molar-refractivity contribution in [2.45, 2.75) is 33.2 Å². The highest BCUT2D eigenvalue weighted by molar-refractivity contribution is 6.32. The molecule has 0 bridgehead atoms. The summed E-state index contributed by atoms with van der Waals surface area (Å²) in [4.78, 5) is 31.6. The van der Waals surface area contributed by atoms with Crippen LogP contribution in [0.15, 0.2) is 53.9 Å². The molecule has 0 saturated heterocycles. The zero-order valence-corrected chi connectivity index (χ0v) is 16.2. The molecule has 3 rings (SSSR count). The molecule has 1 atom stereocenters. The Bertz CT molecular complexity index is 922. The molecule has 1 aliphatic rings. The predicted octanol–water partition coefficient (Wildman–Crippen LogP) is 4.56. The normalized spacial score (nSPS) is 17.1. The van der Waals surface area contributed by atoms with Gasteiger partial charge in [-0.1, -0.05) is 37.6 Å². The van der Waals surface area contributed by atoms with Crippen LogP contribution in [0.25, 0.3) is 0 Å². The van der Waals surface area contributed by atoms with Gasteiger partial charge < -0.3 is 5.11 Å². The van der Waals surface area contributed by atoms with Crippen molar-refractivity contribution in [2.75, 3.05) is 4.90 Å². The third-order valence-electron chi connectivity index (χ3n) is 4.57. The molecule has 0 fully saturated rings. The minimum Gasteiger partial charge on any atom is -0.503 e. The highest BCUT2D eigenvalue weighted by Crippen LogP contribution is 2.42. The van der Waals surface area contributed by atoms with Gasteiger partial charge in [0.2, 0.25) is 0 Å². The van der Waals surface area contributed by atoms with E-state index < -0.39 is 17.7 Å². The van der Waals surface area contributed by atoms with Crippen molar-refractivity contribution in [3.8, 4) is 0 Å². The fraction of sp³-hybridized carbons (Fsp3) is 0.286.